The van der Waals surface area contributed by atoms with Crippen LogP contribution in [-0.4, -0.2) is 24.1 Å². The lowest BCUT2D eigenvalue weighted by Gasteiger charge is -2.27. The normalized spacial score (nSPS) is 19.5. The van der Waals surface area contributed by atoms with Crippen molar-refractivity contribution in [1.29, 1.82) is 0 Å². The molecule has 2 aromatic rings. The van der Waals surface area contributed by atoms with Gasteiger partial charge < -0.3 is 9.47 Å². The Morgan fingerprint density at radius 1 is 1.15 bits per heavy atom. The Hall–Kier alpha value is -2.63. The highest BCUT2D eigenvalue weighted by Crippen LogP contribution is 2.38. The summed E-state index contributed by atoms with van der Waals surface area (Å²) in [5.74, 6) is -0.507. The van der Waals surface area contributed by atoms with Crippen LogP contribution in [0.15, 0.2) is 42.5 Å². The maximum absolute atomic E-state index is 14.6. The monoisotopic (exact) mass is 361 g/mol. The van der Waals surface area contributed by atoms with Crippen molar-refractivity contribution >= 4 is 6.09 Å². The van der Waals surface area contributed by atoms with Crippen molar-refractivity contribution in [2.75, 3.05) is 7.11 Å². The van der Waals surface area contributed by atoms with Crippen molar-refractivity contribution in [2.24, 2.45) is 0 Å². The van der Waals surface area contributed by atoms with Gasteiger partial charge in [0.2, 0.25) is 0 Å². The van der Waals surface area contributed by atoms with E-state index in [-0.39, 0.29) is 24.5 Å². The average Bonchev–Trinajstić information content (AvgIpc) is 3.02. The van der Waals surface area contributed by atoms with Crippen LogP contribution in [0.4, 0.5) is 13.6 Å². The molecule has 0 aliphatic carbocycles. The van der Waals surface area contributed by atoms with Crippen LogP contribution < -0.4 is 4.74 Å². The molecule has 2 atom stereocenters. The molecule has 1 fully saturated rings. The lowest BCUT2D eigenvalue weighted by Crippen LogP contribution is -2.35. The Labute approximate surface area is 151 Å². The standard InChI is InChI=1S/C20H21F2NO3/c1-13-7-10-19(23(13)20(24)25-2)16-9-8-15(11-18(16)22)26-12-14-5-3-4-6-17(14)21/h3-6,8-9,11,13,19H,7,10,12H2,1-2H3/t13-,19-/m1/s1. The fourth-order valence-electron chi connectivity index (χ4n) is 3.35. The number of amides is 1. The van der Waals surface area contributed by atoms with Gasteiger partial charge in [0.1, 0.15) is 24.0 Å². The fraction of sp³-hybridized carbons (Fsp3) is 0.350. The zero-order valence-corrected chi connectivity index (χ0v) is 14.7. The van der Waals surface area contributed by atoms with Crippen molar-refractivity contribution in [3.8, 4) is 5.75 Å². The summed E-state index contributed by atoms with van der Waals surface area (Å²) in [5.41, 5.74) is 0.830. The van der Waals surface area contributed by atoms with E-state index in [9.17, 15) is 13.6 Å². The summed E-state index contributed by atoms with van der Waals surface area (Å²) in [6.07, 6.45) is 0.993. The number of methoxy groups -OCH3 is 1. The van der Waals surface area contributed by atoms with Crippen molar-refractivity contribution in [3.63, 3.8) is 0 Å². The summed E-state index contributed by atoms with van der Waals surface area (Å²) in [6.45, 7) is 1.93. The molecule has 3 rings (SSSR count). The lowest BCUT2D eigenvalue weighted by molar-refractivity contribution is 0.105. The molecular weight excluding hydrogens is 340 g/mol. The summed E-state index contributed by atoms with van der Waals surface area (Å²) in [6, 6.07) is 10.4. The molecule has 26 heavy (non-hydrogen) atoms. The van der Waals surface area contributed by atoms with Gasteiger partial charge in [0, 0.05) is 23.2 Å². The Morgan fingerprint density at radius 3 is 2.62 bits per heavy atom. The molecule has 1 heterocycles. The molecule has 0 N–H and O–H groups in total. The Balaban J connectivity index is 1.75. The molecule has 1 amide bonds. The molecule has 0 spiro atoms. The number of hydrogen-bond donors (Lipinski definition) is 0. The van der Waals surface area contributed by atoms with Gasteiger partial charge in [-0.15, -0.1) is 0 Å². The first-order chi connectivity index (χ1) is 12.5. The van der Waals surface area contributed by atoms with Crippen LogP contribution in [0.1, 0.15) is 36.9 Å². The second-order valence-corrected chi connectivity index (χ2v) is 6.38. The molecule has 1 aliphatic heterocycles. The van der Waals surface area contributed by atoms with E-state index in [0.29, 0.717) is 23.3 Å². The predicted molar refractivity (Wildman–Crippen MR) is 92.8 cm³/mol. The molecule has 0 saturated carbocycles. The maximum atomic E-state index is 14.6. The first-order valence-corrected chi connectivity index (χ1v) is 8.53. The largest absolute Gasteiger partial charge is 0.489 e. The van der Waals surface area contributed by atoms with E-state index in [2.05, 4.69) is 0 Å². The molecule has 138 valence electrons. The number of carbonyl (C=O) groups is 1. The van der Waals surface area contributed by atoms with Crippen molar-refractivity contribution in [1.82, 2.24) is 4.90 Å². The number of hydrogen-bond acceptors (Lipinski definition) is 3. The van der Waals surface area contributed by atoms with Crippen LogP contribution in [-0.2, 0) is 11.3 Å². The number of carbonyl (C=O) groups excluding carboxylic acids is 1. The van der Waals surface area contributed by atoms with Gasteiger partial charge >= 0.3 is 6.09 Å². The van der Waals surface area contributed by atoms with Gasteiger partial charge in [0.25, 0.3) is 0 Å². The molecular formula is C20H21F2NO3. The minimum atomic E-state index is -0.459. The smallest absolute Gasteiger partial charge is 0.410 e. The zero-order valence-electron chi connectivity index (χ0n) is 14.7. The maximum Gasteiger partial charge on any atom is 0.410 e. The first-order valence-electron chi connectivity index (χ1n) is 8.53. The first kappa shape index (κ1) is 18.2. The molecule has 4 nitrogen and oxygen atoms in total. The van der Waals surface area contributed by atoms with Crippen molar-refractivity contribution in [2.45, 2.75) is 38.5 Å². The van der Waals surface area contributed by atoms with Gasteiger partial charge in [-0.2, -0.15) is 0 Å². The number of rotatable bonds is 4. The van der Waals surface area contributed by atoms with E-state index in [1.54, 1.807) is 35.2 Å². The highest BCUT2D eigenvalue weighted by Gasteiger charge is 2.37. The highest BCUT2D eigenvalue weighted by molar-refractivity contribution is 5.69. The van der Waals surface area contributed by atoms with Gasteiger partial charge in [-0.25, -0.2) is 13.6 Å². The second kappa shape index (κ2) is 7.72. The SMILES string of the molecule is COC(=O)N1[C@H](C)CC[C@@H]1c1ccc(OCc2ccccc2F)cc1F. The van der Waals surface area contributed by atoms with Crippen LogP contribution in [0.3, 0.4) is 0 Å². The fourth-order valence-corrected chi connectivity index (χ4v) is 3.35. The summed E-state index contributed by atoms with van der Waals surface area (Å²) in [4.78, 5) is 13.6. The van der Waals surface area contributed by atoms with Crippen LogP contribution in [0, 0.1) is 11.6 Å². The van der Waals surface area contributed by atoms with Crippen molar-refractivity contribution < 1.29 is 23.0 Å². The van der Waals surface area contributed by atoms with E-state index >= 15 is 0 Å². The predicted octanol–water partition coefficient (Wildman–Crippen LogP) is 4.84. The van der Waals surface area contributed by atoms with Crippen LogP contribution in [0.5, 0.6) is 5.75 Å². The van der Waals surface area contributed by atoms with E-state index < -0.39 is 11.9 Å². The summed E-state index contributed by atoms with van der Waals surface area (Å²) in [5, 5.41) is 0. The van der Waals surface area contributed by atoms with Gasteiger partial charge in [-0.3, -0.25) is 4.90 Å². The summed E-state index contributed by atoms with van der Waals surface area (Å²) < 4.78 is 38.6. The summed E-state index contributed by atoms with van der Waals surface area (Å²) in [7, 11) is 1.32. The minimum Gasteiger partial charge on any atom is -0.489 e. The van der Waals surface area contributed by atoms with Gasteiger partial charge in [-0.05, 0) is 31.9 Å². The van der Waals surface area contributed by atoms with E-state index in [4.69, 9.17) is 9.47 Å². The van der Waals surface area contributed by atoms with Crippen LogP contribution in [0.25, 0.3) is 0 Å². The zero-order chi connectivity index (χ0) is 18.7. The molecule has 0 bridgehead atoms. The third-order valence-corrected chi connectivity index (χ3v) is 4.74. The second-order valence-electron chi connectivity index (χ2n) is 6.38. The quantitative estimate of drug-likeness (QED) is 0.782. The lowest BCUT2D eigenvalue weighted by atomic mass is 10.0. The minimum absolute atomic E-state index is 0.0103. The highest BCUT2D eigenvalue weighted by atomic mass is 19.1. The molecule has 1 aliphatic rings. The number of nitrogens with zero attached hydrogens (tertiary/aromatic N) is 1. The summed E-state index contributed by atoms with van der Waals surface area (Å²) >= 11 is 0. The van der Waals surface area contributed by atoms with Crippen molar-refractivity contribution in [3.05, 3.63) is 65.2 Å². The molecule has 6 heteroatoms. The Morgan fingerprint density at radius 2 is 1.92 bits per heavy atom. The number of halogens is 2. The molecule has 1 saturated heterocycles. The number of likely N-dealkylation sites (tertiary alicyclic amines) is 1. The van der Waals surface area contributed by atoms with E-state index in [0.717, 1.165) is 6.42 Å². The topological polar surface area (TPSA) is 38.8 Å². The van der Waals surface area contributed by atoms with E-state index in [1.165, 1.54) is 19.2 Å². The molecule has 0 aromatic heterocycles. The van der Waals surface area contributed by atoms with Gasteiger partial charge in [0.05, 0.1) is 13.2 Å². The molecule has 2 aromatic carbocycles. The third kappa shape index (κ3) is 3.64. The van der Waals surface area contributed by atoms with Crippen LogP contribution in [0.2, 0.25) is 0 Å². The van der Waals surface area contributed by atoms with Gasteiger partial charge in [0.15, 0.2) is 0 Å². The average molecular weight is 361 g/mol. The number of benzene rings is 2. The Bertz CT molecular complexity index is 796. The van der Waals surface area contributed by atoms with Crippen LogP contribution >= 0.6 is 0 Å². The van der Waals surface area contributed by atoms with E-state index in [1.807, 2.05) is 6.92 Å². The molecule has 0 unspecified atom stereocenters. The molecule has 0 radical (unpaired) electrons. The third-order valence-electron chi connectivity index (χ3n) is 4.74. The Kier molecular flexibility index (Phi) is 5.40. The number of ether oxygens (including phenoxy) is 2. The van der Waals surface area contributed by atoms with Gasteiger partial charge in [-0.1, -0.05) is 24.3 Å².